The fourth-order valence-corrected chi connectivity index (χ4v) is 5.27. The van der Waals surface area contributed by atoms with Crippen molar-refractivity contribution in [2.24, 2.45) is 0 Å². The highest BCUT2D eigenvalue weighted by Gasteiger charge is 2.23. The van der Waals surface area contributed by atoms with Crippen LogP contribution in [0.4, 0.5) is 5.82 Å². The van der Waals surface area contributed by atoms with E-state index in [1.165, 1.54) is 0 Å². The number of methoxy groups -OCH3 is 1. The number of rotatable bonds is 10. The van der Waals surface area contributed by atoms with E-state index in [0.717, 1.165) is 84.3 Å². The van der Waals surface area contributed by atoms with Crippen molar-refractivity contribution in [3.8, 4) is 11.3 Å². The van der Waals surface area contributed by atoms with Crippen molar-refractivity contribution in [2.75, 3.05) is 38.7 Å². The molecule has 0 amide bonds. The maximum Gasteiger partial charge on any atom is 0.348 e. The predicted octanol–water partition coefficient (Wildman–Crippen LogP) is 6.32. The Morgan fingerprint density at radius 1 is 1.18 bits per heavy atom. The number of ether oxygens (including phenoxy) is 1. The maximum absolute atomic E-state index is 13.2. The van der Waals surface area contributed by atoms with Crippen LogP contribution in [0.3, 0.4) is 0 Å². The summed E-state index contributed by atoms with van der Waals surface area (Å²) in [5.74, 6) is 0.815. The van der Waals surface area contributed by atoms with E-state index in [-0.39, 0.29) is 5.69 Å². The molecule has 0 spiro atoms. The van der Waals surface area contributed by atoms with Gasteiger partial charge in [0.25, 0.3) is 0 Å². The molecule has 1 N–H and O–H groups in total. The van der Waals surface area contributed by atoms with Crippen LogP contribution in [-0.2, 0) is 11.3 Å². The molecule has 1 aliphatic heterocycles. The summed E-state index contributed by atoms with van der Waals surface area (Å²) in [6, 6.07) is 10.1. The number of likely N-dealkylation sites (tertiary alicyclic amines) is 1. The second kappa shape index (κ2) is 13.4. The lowest BCUT2D eigenvalue weighted by Gasteiger charge is -2.16. The molecule has 0 bridgehead atoms. The number of aromatic nitrogens is 3. The molecule has 0 aliphatic carbocycles. The molecule has 0 radical (unpaired) electrons. The molecule has 8 nitrogen and oxygen atoms in total. The van der Waals surface area contributed by atoms with Crippen molar-refractivity contribution in [1.29, 1.82) is 0 Å². The SMILES string of the molecule is CC.CCCCCn1c(=O)nc(-c2ccc(NC3CCN(CCOC)C3)nc2)c2oc3ccc(Br)cc3c21. The summed E-state index contributed by atoms with van der Waals surface area (Å²) < 4.78 is 14.2. The van der Waals surface area contributed by atoms with Crippen LogP contribution in [-0.4, -0.2) is 58.8 Å². The van der Waals surface area contributed by atoms with Gasteiger partial charge in [-0.2, -0.15) is 4.98 Å². The first-order chi connectivity index (χ1) is 18.6. The number of aryl methyl sites for hydroxylation is 1. The fourth-order valence-electron chi connectivity index (χ4n) is 4.91. The van der Waals surface area contributed by atoms with Gasteiger partial charge in [-0.05, 0) is 43.2 Å². The van der Waals surface area contributed by atoms with Crippen molar-refractivity contribution in [3.63, 3.8) is 0 Å². The van der Waals surface area contributed by atoms with E-state index in [1.807, 2.05) is 44.2 Å². The van der Waals surface area contributed by atoms with Gasteiger partial charge in [-0.3, -0.25) is 9.47 Å². The van der Waals surface area contributed by atoms with Crippen molar-refractivity contribution in [1.82, 2.24) is 19.4 Å². The van der Waals surface area contributed by atoms with Gasteiger partial charge < -0.3 is 14.5 Å². The second-order valence-corrected chi connectivity index (χ2v) is 10.3. The summed E-state index contributed by atoms with van der Waals surface area (Å²) in [4.78, 5) is 24.7. The quantitative estimate of drug-likeness (QED) is 0.219. The Kier molecular flexibility index (Phi) is 9.93. The van der Waals surface area contributed by atoms with E-state index in [9.17, 15) is 4.79 Å². The van der Waals surface area contributed by atoms with Gasteiger partial charge >= 0.3 is 5.69 Å². The average molecular weight is 585 g/mol. The predicted molar refractivity (Wildman–Crippen MR) is 158 cm³/mol. The largest absolute Gasteiger partial charge is 0.452 e. The second-order valence-electron chi connectivity index (χ2n) is 9.38. The van der Waals surface area contributed by atoms with Crippen LogP contribution in [0.25, 0.3) is 33.3 Å². The van der Waals surface area contributed by atoms with Crippen LogP contribution < -0.4 is 11.0 Å². The summed E-state index contributed by atoms with van der Waals surface area (Å²) in [5.41, 5.74) is 3.17. The molecule has 1 aromatic carbocycles. The molecule has 1 saturated heterocycles. The van der Waals surface area contributed by atoms with E-state index >= 15 is 0 Å². The molecule has 38 heavy (non-hydrogen) atoms. The molecule has 4 heterocycles. The lowest BCUT2D eigenvalue weighted by Crippen LogP contribution is -2.28. The summed E-state index contributed by atoms with van der Waals surface area (Å²) >= 11 is 3.56. The Bertz CT molecular complexity index is 1400. The first kappa shape index (κ1) is 28.3. The third-order valence-electron chi connectivity index (χ3n) is 6.81. The number of halogens is 1. The number of furan rings is 1. The van der Waals surface area contributed by atoms with Gasteiger partial charge in [0.1, 0.15) is 22.6 Å². The monoisotopic (exact) mass is 583 g/mol. The molecule has 1 unspecified atom stereocenters. The lowest BCUT2D eigenvalue weighted by atomic mass is 10.1. The Morgan fingerprint density at radius 3 is 2.76 bits per heavy atom. The molecule has 1 aliphatic rings. The van der Waals surface area contributed by atoms with Crippen LogP contribution in [0.15, 0.2) is 50.2 Å². The topological polar surface area (TPSA) is 85.4 Å². The number of nitrogens with one attached hydrogen (secondary N) is 1. The molecular formula is C29H38BrN5O3. The number of hydrogen-bond donors (Lipinski definition) is 1. The van der Waals surface area contributed by atoms with Gasteiger partial charge in [-0.1, -0.05) is 49.5 Å². The van der Waals surface area contributed by atoms with Gasteiger partial charge in [0.15, 0.2) is 5.58 Å². The van der Waals surface area contributed by atoms with Gasteiger partial charge in [0.2, 0.25) is 0 Å². The van der Waals surface area contributed by atoms with E-state index in [1.54, 1.807) is 17.9 Å². The zero-order valence-electron chi connectivity index (χ0n) is 22.8. The number of unbranched alkanes of at least 4 members (excludes halogenated alkanes) is 2. The minimum absolute atomic E-state index is 0.263. The van der Waals surface area contributed by atoms with E-state index in [0.29, 0.717) is 23.9 Å². The molecule has 204 valence electrons. The molecule has 3 aromatic heterocycles. The van der Waals surface area contributed by atoms with Gasteiger partial charge in [-0.25, -0.2) is 9.78 Å². The van der Waals surface area contributed by atoms with Crippen molar-refractivity contribution in [3.05, 3.63) is 51.5 Å². The molecule has 0 saturated carbocycles. The van der Waals surface area contributed by atoms with Crippen molar-refractivity contribution < 1.29 is 9.15 Å². The zero-order valence-corrected chi connectivity index (χ0v) is 24.4. The lowest BCUT2D eigenvalue weighted by molar-refractivity contribution is 0.160. The summed E-state index contributed by atoms with van der Waals surface area (Å²) in [5, 5.41) is 4.44. The highest BCUT2D eigenvalue weighted by molar-refractivity contribution is 9.10. The number of nitrogens with zero attached hydrogens (tertiary/aromatic N) is 4. The van der Waals surface area contributed by atoms with Crippen LogP contribution in [0, 0.1) is 0 Å². The smallest absolute Gasteiger partial charge is 0.348 e. The Morgan fingerprint density at radius 2 is 2.03 bits per heavy atom. The normalized spacial score (nSPS) is 15.7. The highest BCUT2D eigenvalue weighted by Crippen LogP contribution is 2.35. The van der Waals surface area contributed by atoms with Gasteiger partial charge in [0, 0.05) is 60.9 Å². The number of benzene rings is 1. The summed E-state index contributed by atoms with van der Waals surface area (Å²) in [6.45, 7) is 10.5. The number of hydrogen-bond acceptors (Lipinski definition) is 7. The molecule has 1 fully saturated rings. The minimum Gasteiger partial charge on any atom is -0.452 e. The van der Waals surface area contributed by atoms with Gasteiger partial charge in [-0.15, -0.1) is 0 Å². The Hall–Kier alpha value is -2.75. The maximum atomic E-state index is 13.2. The minimum atomic E-state index is -0.263. The molecule has 4 aromatic rings. The van der Waals surface area contributed by atoms with Crippen molar-refractivity contribution >= 4 is 43.8 Å². The number of pyridine rings is 1. The summed E-state index contributed by atoms with van der Waals surface area (Å²) in [7, 11) is 1.73. The van der Waals surface area contributed by atoms with E-state index in [4.69, 9.17) is 9.15 Å². The first-order valence-electron chi connectivity index (χ1n) is 13.6. The molecule has 5 rings (SSSR count). The highest BCUT2D eigenvalue weighted by atomic mass is 79.9. The van der Waals surface area contributed by atoms with Crippen LogP contribution in [0.2, 0.25) is 0 Å². The first-order valence-corrected chi connectivity index (χ1v) is 14.4. The Labute approximate surface area is 232 Å². The average Bonchev–Trinajstić information content (AvgIpc) is 3.54. The van der Waals surface area contributed by atoms with Crippen LogP contribution >= 0.6 is 15.9 Å². The van der Waals surface area contributed by atoms with E-state index in [2.05, 4.69) is 43.0 Å². The zero-order chi connectivity index (χ0) is 27.1. The number of fused-ring (bicyclic) bond motifs is 3. The third-order valence-corrected chi connectivity index (χ3v) is 7.30. The van der Waals surface area contributed by atoms with Crippen LogP contribution in [0.5, 0.6) is 0 Å². The van der Waals surface area contributed by atoms with Crippen molar-refractivity contribution in [2.45, 2.75) is 59.0 Å². The molecular weight excluding hydrogens is 546 g/mol. The van der Waals surface area contributed by atoms with Crippen LogP contribution in [0.1, 0.15) is 46.5 Å². The van der Waals surface area contributed by atoms with E-state index < -0.39 is 0 Å². The fraction of sp³-hybridized carbons (Fsp3) is 0.483. The molecule has 9 heteroatoms. The van der Waals surface area contributed by atoms with Gasteiger partial charge in [0.05, 0.1) is 6.61 Å². The number of anilines is 1. The standard InChI is InChI=1S/C27H32BrN5O3.C2H6/c1-3-4-5-11-33-25-21-15-19(28)7-8-22(21)36-26(25)24(31-27(33)34)18-6-9-23(29-16-18)30-20-10-12-32(17-20)13-14-35-2;1-2/h6-9,15-16,20H,3-5,10-14,17H2,1-2H3,(H,29,30);1-2H3. The third kappa shape index (κ3) is 6.27. The molecule has 1 atom stereocenters. The summed E-state index contributed by atoms with van der Waals surface area (Å²) in [6.07, 6.45) is 5.89. The Balaban J connectivity index is 0.00000164.